The number of hydrogen-bond donors (Lipinski definition) is 2. The Morgan fingerprint density at radius 2 is 2.00 bits per heavy atom. The molecule has 0 saturated heterocycles. The van der Waals surface area contributed by atoms with Crippen molar-refractivity contribution < 1.29 is 5.01 Å². The Morgan fingerprint density at radius 3 is 2.00 bits per heavy atom. The normalized spacial score (nSPS) is 15.0. The Balaban J connectivity index is 2.54. The fraction of sp³-hybridized carbons (Fsp3) is 1.00. The molecule has 0 aromatic carbocycles. The minimum Gasteiger partial charge on any atom is -0.262 e. The fourth-order valence-corrected chi connectivity index (χ4v) is 0. The van der Waals surface area contributed by atoms with E-state index in [0.29, 0.717) is 0 Å². The number of hydrogen-bond acceptors (Lipinski definition) is 1. The van der Waals surface area contributed by atoms with Gasteiger partial charge in [-0.05, 0) is 6.92 Å². The second kappa shape index (κ2) is 2.18. The highest BCUT2D eigenvalue weighted by Gasteiger charge is 1.76. The molecule has 32 valence electrons. The van der Waals surface area contributed by atoms with Crippen LogP contribution < -0.4 is 10.9 Å². The zero-order valence-corrected chi connectivity index (χ0v) is 3.78. The third-order valence-electron chi connectivity index (χ3n) is 0.558. The molecular weight excluding hydrogens is 64.0 g/mol. The maximum absolute atomic E-state index is 5.21. The van der Waals surface area contributed by atoms with Gasteiger partial charge in [-0.3, -0.25) is 5.01 Å². The average molecular weight is 75.1 g/mol. The maximum Gasteiger partial charge on any atom is 0.0913 e. The van der Waals surface area contributed by atoms with Crippen LogP contribution in [0.5, 0.6) is 0 Å². The first-order valence-corrected chi connectivity index (χ1v) is 1.85. The highest BCUT2D eigenvalue weighted by atomic mass is 15.4. The van der Waals surface area contributed by atoms with Crippen LogP contribution in [0.4, 0.5) is 0 Å². The summed E-state index contributed by atoms with van der Waals surface area (Å²) in [7, 11) is 1.92. The Morgan fingerprint density at radius 1 is 1.80 bits per heavy atom. The number of nitrogens with two attached hydrogens (primary N) is 1. The van der Waals surface area contributed by atoms with E-state index in [0.717, 1.165) is 11.6 Å². The van der Waals surface area contributed by atoms with Crippen LogP contribution in [0.1, 0.15) is 6.92 Å². The molecule has 0 fully saturated rings. The molecule has 0 rings (SSSR count). The zero-order valence-electron chi connectivity index (χ0n) is 3.78. The quantitative estimate of drug-likeness (QED) is 0.285. The molecule has 1 atom stereocenters. The predicted octanol–water partition coefficient (Wildman–Crippen LogP) is -1.61. The fourth-order valence-electron chi connectivity index (χ4n) is 0. The highest BCUT2D eigenvalue weighted by Crippen LogP contribution is 1.22. The first-order valence-electron chi connectivity index (χ1n) is 1.85. The minimum absolute atomic E-state index is 1.00. The van der Waals surface area contributed by atoms with Crippen molar-refractivity contribution in [1.29, 1.82) is 0 Å². The monoisotopic (exact) mass is 75.1 g/mol. The molecule has 2 heteroatoms. The first-order chi connectivity index (χ1) is 2.27. The van der Waals surface area contributed by atoms with Crippen molar-refractivity contribution in [3.8, 4) is 0 Å². The van der Waals surface area contributed by atoms with Gasteiger partial charge in [0.05, 0.1) is 13.6 Å². The van der Waals surface area contributed by atoms with Crippen LogP contribution in [-0.2, 0) is 0 Å². The van der Waals surface area contributed by atoms with Gasteiger partial charge in [-0.1, -0.05) is 0 Å². The van der Waals surface area contributed by atoms with E-state index in [1.54, 1.807) is 0 Å². The maximum atomic E-state index is 5.21. The number of quaternary nitrogens is 1. The van der Waals surface area contributed by atoms with Crippen molar-refractivity contribution in [2.45, 2.75) is 6.92 Å². The Hall–Kier alpha value is -0.0800. The highest BCUT2D eigenvalue weighted by molar-refractivity contribution is 3.89. The largest absolute Gasteiger partial charge is 0.262 e. The zero-order chi connectivity index (χ0) is 4.28. The molecular formula is C3H11N2+. The van der Waals surface area contributed by atoms with E-state index >= 15 is 0 Å². The van der Waals surface area contributed by atoms with Crippen LogP contribution in [0, 0.1) is 0 Å². The van der Waals surface area contributed by atoms with Crippen molar-refractivity contribution in [1.82, 2.24) is 0 Å². The van der Waals surface area contributed by atoms with Gasteiger partial charge >= 0.3 is 0 Å². The van der Waals surface area contributed by atoms with Crippen LogP contribution >= 0.6 is 0 Å². The molecule has 0 saturated carbocycles. The van der Waals surface area contributed by atoms with E-state index < -0.39 is 0 Å². The lowest BCUT2D eigenvalue weighted by Crippen LogP contribution is -3.14. The Labute approximate surface area is 32.5 Å². The van der Waals surface area contributed by atoms with Crippen LogP contribution in [0.2, 0.25) is 0 Å². The lowest BCUT2D eigenvalue weighted by atomic mass is 10.8. The Bertz CT molecular complexity index is 18.9. The van der Waals surface area contributed by atoms with E-state index in [1.165, 1.54) is 0 Å². The van der Waals surface area contributed by atoms with Crippen LogP contribution in [0.15, 0.2) is 0 Å². The van der Waals surface area contributed by atoms with Gasteiger partial charge in [-0.2, -0.15) is 5.84 Å². The molecule has 0 bridgehead atoms. The van der Waals surface area contributed by atoms with Crippen LogP contribution in [0.3, 0.4) is 0 Å². The Kier molecular flexibility index (Phi) is 2.14. The molecule has 3 N–H and O–H groups in total. The van der Waals surface area contributed by atoms with Gasteiger partial charge in [0.2, 0.25) is 0 Å². The molecule has 2 nitrogen and oxygen atoms in total. The molecule has 0 aliphatic carbocycles. The smallest absolute Gasteiger partial charge is 0.0913 e. The van der Waals surface area contributed by atoms with E-state index in [4.69, 9.17) is 5.84 Å². The molecule has 5 heavy (non-hydrogen) atoms. The van der Waals surface area contributed by atoms with Gasteiger partial charge in [0.1, 0.15) is 0 Å². The van der Waals surface area contributed by atoms with Crippen molar-refractivity contribution in [3.63, 3.8) is 0 Å². The molecule has 1 unspecified atom stereocenters. The molecule has 0 heterocycles. The summed E-state index contributed by atoms with van der Waals surface area (Å²) >= 11 is 0. The first kappa shape index (κ1) is 4.92. The number of rotatable bonds is 1. The molecule has 0 aliphatic heterocycles. The summed E-state index contributed by atoms with van der Waals surface area (Å²) in [6, 6.07) is 0. The third-order valence-corrected chi connectivity index (χ3v) is 0.558. The van der Waals surface area contributed by atoms with E-state index in [9.17, 15) is 0 Å². The van der Waals surface area contributed by atoms with Crippen molar-refractivity contribution in [2.75, 3.05) is 13.6 Å². The standard InChI is InChI=1S/C3H10N2/c1-3-5(2)4/h3-4H2,1-2H3/p+1. The van der Waals surface area contributed by atoms with Gasteiger partial charge in [-0.25, -0.2) is 0 Å². The predicted molar refractivity (Wildman–Crippen MR) is 21.6 cm³/mol. The molecule has 0 aromatic heterocycles. The summed E-state index contributed by atoms with van der Waals surface area (Å²) in [5.41, 5.74) is 0. The lowest BCUT2D eigenvalue weighted by Gasteiger charge is -1.96. The lowest BCUT2D eigenvalue weighted by molar-refractivity contribution is -0.890. The summed E-state index contributed by atoms with van der Waals surface area (Å²) in [4.78, 5) is 0. The van der Waals surface area contributed by atoms with Crippen LogP contribution in [-0.4, -0.2) is 13.6 Å². The molecule has 0 spiro atoms. The van der Waals surface area contributed by atoms with E-state index in [-0.39, 0.29) is 0 Å². The van der Waals surface area contributed by atoms with Gasteiger partial charge in [0.15, 0.2) is 0 Å². The topological polar surface area (TPSA) is 30.5 Å². The van der Waals surface area contributed by atoms with Gasteiger partial charge in [0, 0.05) is 0 Å². The molecule has 0 aliphatic rings. The summed E-state index contributed by atoms with van der Waals surface area (Å²) in [5, 5.41) is 1.00. The van der Waals surface area contributed by atoms with Gasteiger partial charge in [0.25, 0.3) is 0 Å². The third kappa shape index (κ3) is 3.92. The van der Waals surface area contributed by atoms with Gasteiger partial charge < -0.3 is 0 Å². The van der Waals surface area contributed by atoms with Gasteiger partial charge in [-0.15, -0.1) is 0 Å². The molecule has 0 aromatic rings. The van der Waals surface area contributed by atoms with Crippen LogP contribution in [0.25, 0.3) is 0 Å². The summed E-state index contributed by atoms with van der Waals surface area (Å²) < 4.78 is 0. The summed E-state index contributed by atoms with van der Waals surface area (Å²) in [6.45, 7) is 3.04. The molecule has 0 amide bonds. The molecule has 0 radical (unpaired) electrons. The summed E-state index contributed by atoms with van der Waals surface area (Å²) in [6.07, 6.45) is 0. The SMILES string of the molecule is CC[NH+](C)N. The van der Waals surface area contributed by atoms with Crippen molar-refractivity contribution in [2.24, 2.45) is 5.84 Å². The summed E-state index contributed by atoms with van der Waals surface area (Å²) in [5.74, 6) is 5.21. The second-order valence-electron chi connectivity index (χ2n) is 1.20. The second-order valence-corrected chi connectivity index (χ2v) is 1.20. The van der Waals surface area contributed by atoms with E-state index in [1.807, 2.05) is 14.0 Å². The van der Waals surface area contributed by atoms with Crippen molar-refractivity contribution >= 4 is 0 Å². The number of nitrogens with one attached hydrogen (secondary N) is 1. The minimum atomic E-state index is 1.00. The average Bonchev–Trinajstić information content (AvgIpc) is 1.38. The van der Waals surface area contributed by atoms with E-state index in [2.05, 4.69) is 0 Å². The van der Waals surface area contributed by atoms with Crippen molar-refractivity contribution in [3.05, 3.63) is 0 Å².